The van der Waals surface area contributed by atoms with Gasteiger partial charge in [0.15, 0.2) is 0 Å². The van der Waals surface area contributed by atoms with Gasteiger partial charge in [0, 0.05) is 25.7 Å². The van der Waals surface area contributed by atoms with Crippen LogP contribution < -0.4 is 5.73 Å². The van der Waals surface area contributed by atoms with Crippen LogP contribution in [0.4, 0.5) is 0 Å². The molecule has 5 heteroatoms. The van der Waals surface area contributed by atoms with Gasteiger partial charge in [-0.1, -0.05) is 0 Å². The molecule has 0 aromatic rings. The number of amides is 1. The van der Waals surface area contributed by atoms with Crippen molar-refractivity contribution in [2.24, 2.45) is 5.73 Å². The Morgan fingerprint density at radius 1 is 1.39 bits per heavy atom. The lowest BCUT2D eigenvalue weighted by atomic mass is 10.00. The van der Waals surface area contributed by atoms with Crippen LogP contribution in [-0.4, -0.2) is 65.7 Å². The highest BCUT2D eigenvalue weighted by Gasteiger charge is 2.40. The molecule has 2 atom stereocenters. The summed E-state index contributed by atoms with van der Waals surface area (Å²) in [5.74, 6) is 0.178. The van der Waals surface area contributed by atoms with E-state index in [4.69, 9.17) is 5.73 Å². The number of nitrogens with zero attached hydrogens (tertiary/aromatic N) is 2. The van der Waals surface area contributed by atoms with Crippen molar-refractivity contribution < 1.29 is 9.90 Å². The van der Waals surface area contributed by atoms with Crippen molar-refractivity contribution in [3.63, 3.8) is 0 Å². The van der Waals surface area contributed by atoms with Gasteiger partial charge in [0.25, 0.3) is 0 Å². The molecule has 0 radical (unpaired) electrons. The van der Waals surface area contributed by atoms with Crippen LogP contribution >= 0.6 is 0 Å². The van der Waals surface area contributed by atoms with Crippen molar-refractivity contribution in [1.82, 2.24) is 9.80 Å². The largest absolute Gasteiger partial charge is 0.393 e. The molecule has 2 heterocycles. The van der Waals surface area contributed by atoms with Gasteiger partial charge in [0.2, 0.25) is 5.91 Å². The van der Waals surface area contributed by atoms with Crippen molar-refractivity contribution in [3.05, 3.63) is 0 Å². The summed E-state index contributed by atoms with van der Waals surface area (Å²) in [7, 11) is 1.85. The first-order chi connectivity index (χ1) is 8.61. The molecule has 2 aliphatic rings. The third-order valence-corrected chi connectivity index (χ3v) is 4.30. The Labute approximate surface area is 109 Å². The quantitative estimate of drug-likeness (QED) is 0.713. The first-order valence-electron chi connectivity index (χ1n) is 6.99. The fourth-order valence-electron chi connectivity index (χ4n) is 3.23. The maximum absolute atomic E-state index is 12.1. The standard InChI is InChI=1S/C13H25N3O2/c1-15(6-2-5-14)13(18)9-16-10-3-4-11(16)8-12(17)7-10/h10-12,17H,2-9,14H2,1H3. The molecule has 0 saturated carbocycles. The Morgan fingerprint density at radius 2 is 2.00 bits per heavy atom. The minimum absolute atomic E-state index is 0.163. The Hall–Kier alpha value is -0.650. The van der Waals surface area contributed by atoms with E-state index in [1.54, 1.807) is 4.90 Å². The zero-order valence-corrected chi connectivity index (χ0v) is 11.2. The van der Waals surface area contributed by atoms with E-state index in [0.717, 1.165) is 38.6 Å². The normalized spacial score (nSPS) is 31.6. The van der Waals surface area contributed by atoms with E-state index >= 15 is 0 Å². The van der Waals surface area contributed by atoms with Crippen molar-refractivity contribution in [2.45, 2.75) is 50.3 Å². The summed E-state index contributed by atoms with van der Waals surface area (Å²) in [5, 5.41) is 9.73. The third-order valence-electron chi connectivity index (χ3n) is 4.30. The van der Waals surface area contributed by atoms with E-state index in [2.05, 4.69) is 4.90 Å². The molecule has 2 fully saturated rings. The van der Waals surface area contributed by atoms with E-state index in [1.165, 1.54) is 0 Å². The molecular weight excluding hydrogens is 230 g/mol. The van der Waals surface area contributed by atoms with Crippen molar-refractivity contribution in [2.75, 3.05) is 26.7 Å². The number of hydrogen-bond donors (Lipinski definition) is 2. The Kier molecular flexibility index (Phi) is 4.59. The first kappa shape index (κ1) is 13.8. The molecular formula is C13H25N3O2. The van der Waals surface area contributed by atoms with Gasteiger partial charge in [0.1, 0.15) is 0 Å². The third kappa shape index (κ3) is 3.02. The fourth-order valence-corrected chi connectivity index (χ4v) is 3.23. The average Bonchev–Trinajstić information content (AvgIpc) is 2.59. The predicted octanol–water partition coefficient (Wildman–Crippen LogP) is -0.219. The summed E-state index contributed by atoms with van der Waals surface area (Å²) in [6, 6.07) is 0.816. The number of aliphatic hydroxyl groups is 1. The van der Waals surface area contributed by atoms with Gasteiger partial charge in [-0.2, -0.15) is 0 Å². The topological polar surface area (TPSA) is 69.8 Å². The number of rotatable bonds is 5. The highest BCUT2D eigenvalue weighted by Crippen LogP contribution is 2.35. The number of likely N-dealkylation sites (N-methyl/N-ethyl adjacent to an activating group) is 1. The van der Waals surface area contributed by atoms with Gasteiger partial charge in [0.05, 0.1) is 12.6 Å². The summed E-state index contributed by atoms with van der Waals surface area (Å²) in [4.78, 5) is 16.2. The Morgan fingerprint density at radius 3 is 2.56 bits per heavy atom. The van der Waals surface area contributed by atoms with E-state index in [-0.39, 0.29) is 12.0 Å². The lowest BCUT2D eigenvalue weighted by Crippen LogP contribution is -2.49. The highest BCUT2D eigenvalue weighted by molar-refractivity contribution is 5.78. The molecule has 5 nitrogen and oxygen atoms in total. The van der Waals surface area contributed by atoms with Crippen LogP contribution in [0.3, 0.4) is 0 Å². The molecule has 0 aromatic carbocycles. The van der Waals surface area contributed by atoms with E-state index in [0.29, 0.717) is 25.2 Å². The Balaban J connectivity index is 1.84. The molecule has 18 heavy (non-hydrogen) atoms. The van der Waals surface area contributed by atoms with Crippen molar-refractivity contribution in [3.8, 4) is 0 Å². The molecule has 104 valence electrons. The van der Waals surface area contributed by atoms with Crippen LogP contribution in [0.1, 0.15) is 32.1 Å². The van der Waals surface area contributed by atoms with Gasteiger partial charge in [-0.05, 0) is 38.6 Å². The second-order valence-corrected chi connectivity index (χ2v) is 5.64. The monoisotopic (exact) mass is 255 g/mol. The van der Waals surface area contributed by atoms with Crippen molar-refractivity contribution in [1.29, 1.82) is 0 Å². The van der Waals surface area contributed by atoms with E-state index in [9.17, 15) is 9.90 Å². The molecule has 0 aliphatic carbocycles. The van der Waals surface area contributed by atoms with Crippen molar-refractivity contribution >= 4 is 5.91 Å². The minimum atomic E-state index is -0.163. The SMILES string of the molecule is CN(CCCN)C(=O)CN1C2CCC1CC(O)C2. The number of aliphatic hydroxyl groups excluding tert-OH is 1. The molecule has 0 aromatic heterocycles. The Bertz CT molecular complexity index is 284. The molecule has 2 saturated heterocycles. The summed E-state index contributed by atoms with van der Waals surface area (Å²) in [5.41, 5.74) is 5.45. The van der Waals surface area contributed by atoms with Crippen LogP contribution in [0.15, 0.2) is 0 Å². The smallest absolute Gasteiger partial charge is 0.236 e. The molecule has 2 rings (SSSR count). The number of carbonyl (C=O) groups is 1. The molecule has 2 aliphatic heterocycles. The highest BCUT2D eigenvalue weighted by atomic mass is 16.3. The van der Waals surface area contributed by atoms with Gasteiger partial charge in [-0.15, -0.1) is 0 Å². The molecule has 1 amide bonds. The number of piperidine rings is 1. The van der Waals surface area contributed by atoms with Gasteiger partial charge >= 0.3 is 0 Å². The van der Waals surface area contributed by atoms with Gasteiger partial charge < -0.3 is 15.7 Å². The van der Waals surface area contributed by atoms with Crippen LogP contribution in [-0.2, 0) is 4.79 Å². The van der Waals surface area contributed by atoms with E-state index in [1.807, 2.05) is 7.05 Å². The lowest BCUT2D eigenvalue weighted by molar-refractivity contribution is -0.133. The maximum Gasteiger partial charge on any atom is 0.236 e. The van der Waals surface area contributed by atoms with Crippen LogP contribution in [0.25, 0.3) is 0 Å². The molecule has 0 spiro atoms. The molecule has 2 unspecified atom stereocenters. The zero-order chi connectivity index (χ0) is 13.1. The summed E-state index contributed by atoms with van der Waals surface area (Å²) < 4.78 is 0. The first-order valence-corrected chi connectivity index (χ1v) is 6.99. The van der Waals surface area contributed by atoms with Crippen LogP contribution in [0.5, 0.6) is 0 Å². The second-order valence-electron chi connectivity index (χ2n) is 5.64. The zero-order valence-electron chi connectivity index (χ0n) is 11.2. The molecule has 2 bridgehead atoms. The van der Waals surface area contributed by atoms with Gasteiger partial charge in [-0.25, -0.2) is 0 Å². The maximum atomic E-state index is 12.1. The lowest BCUT2D eigenvalue weighted by Gasteiger charge is -2.37. The summed E-state index contributed by atoms with van der Waals surface area (Å²) >= 11 is 0. The van der Waals surface area contributed by atoms with Crippen LogP contribution in [0.2, 0.25) is 0 Å². The number of carbonyl (C=O) groups excluding carboxylic acids is 1. The minimum Gasteiger partial charge on any atom is -0.393 e. The predicted molar refractivity (Wildman–Crippen MR) is 70.1 cm³/mol. The van der Waals surface area contributed by atoms with Gasteiger partial charge in [-0.3, -0.25) is 9.69 Å². The number of fused-ring (bicyclic) bond motifs is 2. The number of hydrogen-bond acceptors (Lipinski definition) is 4. The molecule has 3 N–H and O–H groups in total. The number of nitrogens with two attached hydrogens (primary N) is 1. The fraction of sp³-hybridized carbons (Fsp3) is 0.923. The van der Waals surface area contributed by atoms with E-state index < -0.39 is 0 Å². The average molecular weight is 255 g/mol. The van der Waals surface area contributed by atoms with Crippen LogP contribution in [0, 0.1) is 0 Å². The summed E-state index contributed by atoms with van der Waals surface area (Å²) in [6.45, 7) is 1.86. The second kappa shape index (κ2) is 5.99. The summed E-state index contributed by atoms with van der Waals surface area (Å²) in [6.07, 6.45) is 4.60.